The number of nitrogens with zero attached hydrogens (tertiary/aromatic N) is 2. The molecule has 1 aromatic rings. The van der Waals surface area contributed by atoms with Crippen molar-refractivity contribution in [2.45, 2.75) is 19.4 Å². The average Bonchev–Trinajstić information content (AvgIpc) is 2.51. The highest BCUT2D eigenvalue weighted by Crippen LogP contribution is 2.21. The fraction of sp³-hybridized carbons (Fsp3) is 0.529. The summed E-state index contributed by atoms with van der Waals surface area (Å²) < 4.78 is 5.65. The molecule has 0 radical (unpaired) electrons. The van der Waals surface area contributed by atoms with Crippen molar-refractivity contribution in [2.24, 2.45) is 0 Å². The Labute approximate surface area is 146 Å². The van der Waals surface area contributed by atoms with Crippen molar-refractivity contribution in [3.8, 4) is 0 Å². The first-order valence-electron chi connectivity index (χ1n) is 7.90. The van der Waals surface area contributed by atoms with Crippen LogP contribution in [-0.2, 0) is 20.7 Å². The van der Waals surface area contributed by atoms with Gasteiger partial charge in [-0.1, -0.05) is 29.8 Å². The van der Waals surface area contributed by atoms with Crippen molar-refractivity contribution in [1.82, 2.24) is 9.80 Å². The van der Waals surface area contributed by atoms with E-state index >= 15 is 0 Å². The van der Waals surface area contributed by atoms with E-state index in [2.05, 4.69) is 0 Å². The van der Waals surface area contributed by atoms with Crippen LogP contribution in [0.1, 0.15) is 11.1 Å². The Kier molecular flexibility index (Phi) is 6.60. The maximum Gasteiger partial charge on any atom is 0.317 e. The van der Waals surface area contributed by atoms with E-state index in [0.29, 0.717) is 31.3 Å². The minimum atomic E-state index is -0.879. The molecule has 0 bridgehead atoms. The number of likely N-dealkylation sites (N-methyl/N-ethyl adjacent to an activating group) is 1. The number of amides is 1. The van der Waals surface area contributed by atoms with Crippen LogP contribution in [0.15, 0.2) is 18.2 Å². The quantitative estimate of drug-likeness (QED) is 0.837. The normalized spacial score (nSPS) is 18.0. The van der Waals surface area contributed by atoms with Crippen LogP contribution in [0, 0.1) is 6.92 Å². The van der Waals surface area contributed by atoms with Gasteiger partial charge in [-0.3, -0.25) is 14.5 Å². The molecule has 1 aliphatic rings. The molecule has 2 rings (SSSR count). The number of carbonyl (C=O) groups is 2. The fourth-order valence-electron chi connectivity index (χ4n) is 2.82. The van der Waals surface area contributed by atoms with E-state index in [1.165, 1.54) is 0 Å². The van der Waals surface area contributed by atoms with Gasteiger partial charge < -0.3 is 14.7 Å². The smallest absolute Gasteiger partial charge is 0.317 e. The first-order chi connectivity index (χ1) is 11.4. The minimum absolute atomic E-state index is 0.0108. The lowest BCUT2D eigenvalue weighted by Gasteiger charge is -2.34. The molecule has 0 saturated carbocycles. The molecule has 1 heterocycles. The number of rotatable bonds is 6. The number of aliphatic carboxylic acids is 1. The number of hydrogen-bond donors (Lipinski definition) is 1. The third-order valence-corrected chi connectivity index (χ3v) is 4.57. The van der Waals surface area contributed by atoms with Crippen LogP contribution in [-0.4, -0.2) is 72.7 Å². The number of aryl methyl sites for hydroxylation is 1. The molecular formula is C17H23ClN2O4. The summed E-state index contributed by atoms with van der Waals surface area (Å²) in [4.78, 5) is 26.7. The number of carbonyl (C=O) groups excluding carboxylic acids is 1. The zero-order valence-corrected chi connectivity index (χ0v) is 14.8. The van der Waals surface area contributed by atoms with Gasteiger partial charge in [-0.2, -0.15) is 0 Å². The Morgan fingerprint density at radius 3 is 2.92 bits per heavy atom. The Balaban J connectivity index is 1.92. The van der Waals surface area contributed by atoms with Crippen molar-refractivity contribution in [2.75, 3.05) is 39.8 Å². The third kappa shape index (κ3) is 5.19. The van der Waals surface area contributed by atoms with Gasteiger partial charge in [0.15, 0.2) is 0 Å². The van der Waals surface area contributed by atoms with Gasteiger partial charge in [0, 0.05) is 24.7 Å². The molecular weight excluding hydrogens is 332 g/mol. The third-order valence-electron chi connectivity index (χ3n) is 4.03. The summed E-state index contributed by atoms with van der Waals surface area (Å²) in [5.41, 5.74) is 1.78. The summed E-state index contributed by atoms with van der Waals surface area (Å²) >= 11 is 6.26. The van der Waals surface area contributed by atoms with Gasteiger partial charge >= 0.3 is 5.97 Å². The van der Waals surface area contributed by atoms with Gasteiger partial charge in [0.2, 0.25) is 5.91 Å². The van der Waals surface area contributed by atoms with E-state index in [1.807, 2.05) is 25.1 Å². The molecule has 0 aromatic heterocycles. The van der Waals surface area contributed by atoms with Crippen LogP contribution in [0.5, 0.6) is 0 Å². The molecule has 1 saturated heterocycles. The summed E-state index contributed by atoms with van der Waals surface area (Å²) in [6.07, 6.45) is 0.0816. The number of carboxylic acid groups (broad SMARTS) is 1. The highest BCUT2D eigenvalue weighted by atomic mass is 35.5. The monoisotopic (exact) mass is 354 g/mol. The van der Waals surface area contributed by atoms with Gasteiger partial charge in [-0.15, -0.1) is 0 Å². The van der Waals surface area contributed by atoms with Crippen molar-refractivity contribution in [3.63, 3.8) is 0 Å². The van der Waals surface area contributed by atoms with Crippen LogP contribution >= 0.6 is 11.6 Å². The SMILES string of the molecule is Cc1cccc(CC(=O)N2CCOC(CN(C)CC(=O)O)C2)c1Cl. The standard InChI is InChI=1S/C17H23ClN2O4/c1-12-4-3-5-13(17(12)18)8-15(21)20-6-7-24-14(10-20)9-19(2)11-16(22)23/h3-5,14H,6-11H2,1-2H3,(H,22,23). The maximum absolute atomic E-state index is 12.5. The summed E-state index contributed by atoms with van der Waals surface area (Å²) in [6, 6.07) is 5.68. The second kappa shape index (κ2) is 8.46. The number of morpholine rings is 1. The van der Waals surface area contributed by atoms with Gasteiger partial charge in [-0.05, 0) is 25.1 Å². The second-order valence-corrected chi connectivity index (χ2v) is 6.53. The number of hydrogen-bond acceptors (Lipinski definition) is 4. The van der Waals surface area contributed by atoms with E-state index in [0.717, 1.165) is 11.1 Å². The Bertz CT molecular complexity index is 608. The summed E-state index contributed by atoms with van der Waals surface area (Å²) in [7, 11) is 1.73. The van der Waals surface area contributed by atoms with Gasteiger partial charge in [-0.25, -0.2) is 0 Å². The molecule has 24 heavy (non-hydrogen) atoms. The van der Waals surface area contributed by atoms with Crippen LogP contribution < -0.4 is 0 Å². The zero-order chi connectivity index (χ0) is 17.7. The van der Waals surface area contributed by atoms with Gasteiger partial charge in [0.05, 0.1) is 25.7 Å². The molecule has 132 valence electrons. The lowest BCUT2D eigenvalue weighted by atomic mass is 10.1. The van der Waals surface area contributed by atoms with Crippen molar-refractivity contribution >= 4 is 23.5 Å². The Morgan fingerprint density at radius 1 is 1.46 bits per heavy atom. The Hall–Kier alpha value is -1.63. The first kappa shape index (κ1) is 18.7. The molecule has 1 amide bonds. The van der Waals surface area contributed by atoms with Crippen molar-refractivity contribution in [1.29, 1.82) is 0 Å². The Morgan fingerprint density at radius 2 is 2.21 bits per heavy atom. The van der Waals surface area contributed by atoms with Gasteiger partial charge in [0.1, 0.15) is 0 Å². The maximum atomic E-state index is 12.5. The van der Waals surface area contributed by atoms with E-state index in [1.54, 1.807) is 16.8 Å². The van der Waals surface area contributed by atoms with Gasteiger partial charge in [0.25, 0.3) is 0 Å². The summed E-state index contributed by atoms with van der Waals surface area (Å²) in [5.74, 6) is -0.869. The molecule has 1 N–H and O–H groups in total. The lowest BCUT2D eigenvalue weighted by molar-refractivity contribution is -0.142. The topological polar surface area (TPSA) is 70.1 Å². The van der Waals surface area contributed by atoms with E-state index < -0.39 is 5.97 Å². The minimum Gasteiger partial charge on any atom is -0.480 e. The molecule has 1 aromatic carbocycles. The molecule has 1 fully saturated rings. The molecule has 0 aliphatic carbocycles. The van der Waals surface area contributed by atoms with Crippen LogP contribution in [0.4, 0.5) is 0 Å². The molecule has 1 atom stereocenters. The predicted molar refractivity (Wildman–Crippen MR) is 91.3 cm³/mol. The van der Waals surface area contributed by atoms with Crippen LogP contribution in [0.3, 0.4) is 0 Å². The number of carboxylic acids is 1. The highest BCUT2D eigenvalue weighted by Gasteiger charge is 2.26. The number of benzene rings is 1. The van der Waals surface area contributed by atoms with E-state index in [9.17, 15) is 9.59 Å². The largest absolute Gasteiger partial charge is 0.480 e. The molecule has 7 heteroatoms. The number of ether oxygens (including phenoxy) is 1. The van der Waals surface area contributed by atoms with Crippen molar-refractivity contribution < 1.29 is 19.4 Å². The predicted octanol–water partition coefficient (Wildman–Crippen LogP) is 1.43. The number of halogens is 1. The second-order valence-electron chi connectivity index (χ2n) is 6.15. The summed E-state index contributed by atoms with van der Waals surface area (Å²) in [6.45, 7) is 3.81. The summed E-state index contributed by atoms with van der Waals surface area (Å²) in [5, 5.41) is 9.44. The molecule has 1 aliphatic heterocycles. The zero-order valence-electron chi connectivity index (χ0n) is 14.0. The molecule has 6 nitrogen and oxygen atoms in total. The molecule has 0 spiro atoms. The molecule has 1 unspecified atom stereocenters. The first-order valence-corrected chi connectivity index (χ1v) is 8.28. The van der Waals surface area contributed by atoms with E-state index in [-0.39, 0.29) is 25.0 Å². The lowest BCUT2D eigenvalue weighted by Crippen LogP contribution is -2.50. The van der Waals surface area contributed by atoms with E-state index in [4.69, 9.17) is 21.4 Å². The van der Waals surface area contributed by atoms with Crippen LogP contribution in [0.2, 0.25) is 5.02 Å². The average molecular weight is 355 g/mol. The highest BCUT2D eigenvalue weighted by molar-refractivity contribution is 6.32. The van der Waals surface area contributed by atoms with Crippen LogP contribution in [0.25, 0.3) is 0 Å². The van der Waals surface area contributed by atoms with Crippen molar-refractivity contribution in [3.05, 3.63) is 34.3 Å². The fourth-order valence-corrected chi connectivity index (χ4v) is 3.01.